The van der Waals surface area contributed by atoms with Gasteiger partial charge in [-0.25, -0.2) is 4.68 Å². The molecule has 0 amide bonds. The Kier molecular flexibility index (Phi) is 9.07. The number of hydrogen-bond donors (Lipinski definition) is 2. The van der Waals surface area contributed by atoms with Crippen molar-refractivity contribution in [3.05, 3.63) is 59.9 Å². The molecule has 3 aromatic rings. The van der Waals surface area contributed by atoms with E-state index in [1.165, 1.54) is 24.8 Å². The molecule has 3 heterocycles. The number of aromatic nitrogens is 5. The lowest BCUT2D eigenvalue weighted by Gasteiger charge is -2.19. The number of hydrogen-bond acceptors (Lipinski definition) is 4. The van der Waals surface area contributed by atoms with Crippen molar-refractivity contribution < 1.29 is 0 Å². The summed E-state index contributed by atoms with van der Waals surface area (Å²) in [4.78, 5) is 4.39. The average Bonchev–Trinajstić information content (AvgIpc) is 3.41. The molecule has 0 bridgehead atoms. The predicted molar refractivity (Wildman–Crippen MR) is 138 cm³/mol. The molecule has 1 atom stereocenters. The molecule has 1 aliphatic heterocycles. The minimum absolute atomic E-state index is 0. The fourth-order valence-electron chi connectivity index (χ4n) is 4.02. The van der Waals surface area contributed by atoms with Crippen LogP contribution in [0.4, 0.5) is 0 Å². The number of benzene rings is 1. The summed E-state index contributed by atoms with van der Waals surface area (Å²) in [6.07, 6.45) is 10.5. The highest BCUT2D eigenvalue weighted by Crippen LogP contribution is 2.17. The monoisotopic (exact) mass is 548 g/mol. The first kappa shape index (κ1) is 24.2. The van der Waals surface area contributed by atoms with Crippen molar-refractivity contribution in [2.75, 3.05) is 13.6 Å². The molecule has 32 heavy (non-hydrogen) atoms. The fourth-order valence-corrected chi connectivity index (χ4v) is 4.02. The number of aliphatic imine (C=N–C) groups is 1. The molecule has 9 heteroatoms. The van der Waals surface area contributed by atoms with Crippen molar-refractivity contribution in [2.45, 2.75) is 58.0 Å². The van der Waals surface area contributed by atoms with Crippen molar-refractivity contribution in [3.8, 4) is 5.69 Å². The lowest BCUT2D eigenvalue weighted by atomic mass is 10.1. The minimum Gasteiger partial charge on any atom is -0.356 e. The molecule has 0 aliphatic carbocycles. The largest absolute Gasteiger partial charge is 0.356 e. The van der Waals surface area contributed by atoms with E-state index in [1.807, 2.05) is 16.9 Å². The van der Waals surface area contributed by atoms with Gasteiger partial charge in [0.25, 0.3) is 0 Å². The summed E-state index contributed by atoms with van der Waals surface area (Å²) in [5.74, 6) is 3.08. The Morgan fingerprint density at radius 2 is 2.09 bits per heavy atom. The van der Waals surface area contributed by atoms with Gasteiger partial charge in [0.2, 0.25) is 0 Å². The van der Waals surface area contributed by atoms with Crippen LogP contribution in [-0.4, -0.2) is 44.1 Å². The Morgan fingerprint density at radius 3 is 2.91 bits per heavy atom. The van der Waals surface area contributed by atoms with Gasteiger partial charge in [-0.2, -0.15) is 5.10 Å². The summed E-state index contributed by atoms with van der Waals surface area (Å²) in [6, 6.07) is 10.4. The van der Waals surface area contributed by atoms with Crippen LogP contribution >= 0.6 is 24.0 Å². The van der Waals surface area contributed by atoms with Gasteiger partial charge in [0.05, 0.1) is 11.7 Å². The highest BCUT2D eigenvalue weighted by Gasteiger charge is 2.14. The van der Waals surface area contributed by atoms with Gasteiger partial charge in [0, 0.05) is 45.4 Å². The maximum atomic E-state index is 4.43. The number of rotatable bonds is 7. The van der Waals surface area contributed by atoms with Gasteiger partial charge in [-0.1, -0.05) is 18.6 Å². The fraction of sp³-hybridized carbons (Fsp3) is 0.478. The second-order valence-corrected chi connectivity index (χ2v) is 8.01. The molecular weight excluding hydrogens is 515 g/mol. The van der Waals surface area contributed by atoms with Crippen LogP contribution in [0.25, 0.3) is 5.69 Å². The zero-order valence-corrected chi connectivity index (χ0v) is 21.2. The van der Waals surface area contributed by atoms with E-state index in [4.69, 9.17) is 0 Å². The molecule has 1 aromatic carbocycles. The number of aryl methyl sites for hydroxylation is 2. The van der Waals surface area contributed by atoms with Crippen LogP contribution in [0.3, 0.4) is 0 Å². The molecule has 0 saturated carbocycles. The molecular formula is C23H33IN8. The predicted octanol–water partition coefficient (Wildman–Crippen LogP) is 3.67. The van der Waals surface area contributed by atoms with Crippen molar-refractivity contribution in [1.29, 1.82) is 0 Å². The van der Waals surface area contributed by atoms with Gasteiger partial charge < -0.3 is 15.2 Å². The number of nitrogens with one attached hydrogen (secondary N) is 2. The Labute approximate surface area is 206 Å². The van der Waals surface area contributed by atoms with E-state index in [-0.39, 0.29) is 30.0 Å². The average molecular weight is 548 g/mol. The molecule has 4 rings (SSSR count). The Morgan fingerprint density at radius 1 is 1.19 bits per heavy atom. The third-order valence-corrected chi connectivity index (χ3v) is 5.77. The molecule has 2 N–H and O–H groups in total. The Bertz CT molecular complexity index is 995. The highest BCUT2D eigenvalue weighted by molar-refractivity contribution is 14.0. The first-order chi connectivity index (χ1) is 15.2. The topological polar surface area (TPSA) is 85.0 Å². The second kappa shape index (κ2) is 12.0. The smallest absolute Gasteiger partial charge is 0.191 e. The SMILES string of the molecule is CN=C(NCCCc1nnc2n1CCCCC2)NC(C)c1cccc(-n2cccn2)c1.I. The number of guanidine groups is 1. The standard InChI is InChI=1S/C23H32N8.HI/c1-18(19-9-6-10-20(17-19)31-16-8-14-26-31)27-23(24-2)25-13-7-12-22-29-28-21-11-4-3-5-15-30(21)22;/h6,8-10,14,16-18H,3-5,7,11-13,15H2,1-2H3,(H2,24,25,27);1H. The van der Waals surface area contributed by atoms with Crippen molar-refractivity contribution >= 4 is 29.9 Å². The van der Waals surface area contributed by atoms with E-state index in [9.17, 15) is 0 Å². The molecule has 0 saturated heterocycles. The molecule has 2 aromatic heterocycles. The van der Waals surface area contributed by atoms with Gasteiger partial charge in [-0.15, -0.1) is 34.2 Å². The molecule has 172 valence electrons. The second-order valence-electron chi connectivity index (χ2n) is 8.01. The van der Waals surface area contributed by atoms with E-state index in [1.54, 1.807) is 13.2 Å². The van der Waals surface area contributed by atoms with Gasteiger partial charge >= 0.3 is 0 Å². The highest BCUT2D eigenvalue weighted by atomic mass is 127. The zero-order valence-electron chi connectivity index (χ0n) is 18.9. The van der Waals surface area contributed by atoms with Crippen molar-refractivity contribution in [3.63, 3.8) is 0 Å². The molecule has 1 aliphatic rings. The molecule has 0 spiro atoms. The first-order valence-electron chi connectivity index (χ1n) is 11.2. The summed E-state index contributed by atoms with van der Waals surface area (Å²) in [5.41, 5.74) is 2.23. The van der Waals surface area contributed by atoms with Crippen LogP contribution < -0.4 is 10.6 Å². The number of nitrogens with zero attached hydrogens (tertiary/aromatic N) is 6. The van der Waals surface area contributed by atoms with Crippen LogP contribution in [0, 0.1) is 0 Å². The molecule has 1 unspecified atom stereocenters. The summed E-state index contributed by atoms with van der Waals surface area (Å²) in [7, 11) is 1.81. The first-order valence-corrected chi connectivity index (χ1v) is 11.2. The number of fused-ring (bicyclic) bond motifs is 1. The maximum Gasteiger partial charge on any atom is 0.191 e. The van der Waals surface area contributed by atoms with Gasteiger partial charge in [-0.3, -0.25) is 4.99 Å². The van der Waals surface area contributed by atoms with Crippen LogP contribution in [0.5, 0.6) is 0 Å². The van der Waals surface area contributed by atoms with E-state index < -0.39 is 0 Å². The van der Waals surface area contributed by atoms with E-state index in [2.05, 4.69) is 66.7 Å². The zero-order chi connectivity index (χ0) is 21.5. The summed E-state index contributed by atoms with van der Waals surface area (Å²) in [6.45, 7) is 4.03. The minimum atomic E-state index is 0. The molecule has 0 radical (unpaired) electrons. The van der Waals surface area contributed by atoms with Crippen LogP contribution in [0.15, 0.2) is 47.7 Å². The normalized spacial score (nSPS) is 14.8. The van der Waals surface area contributed by atoms with Crippen molar-refractivity contribution in [1.82, 2.24) is 35.2 Å². The van der Waals surface area contributed by atoms with E-state index in [0.717, 1.165) is 55.6 Å². The van der Waals surface area contributed by atoms with E-state index in [0.29, 0.717) is 0 Å². The van der Waals surface area contributed by atoms with Gasteiger partial charge in [-0.05, 0) is 49.9 Å². The lowest BCUT2D eigenvalue weighted by Crippen LogP contribution is -2.39. The Hall–Kier alpha value is -2.43. The van der Waals surface area contributed by atoms with Crippen LogP contribution in [0.1, 0.15) is 55.9 Å². The summed E-state index contributed by atoms with van der Waals surface area (Å²) >= 11 is 0. The third-order valence-electron chi connectivity index (χ3n) is 5.77. The Balaban J connectivity index is 0.00000289. The summed E-state index contributed by atoms with van der Waals surface area (Å²) < 4.78 is 4.20. The van der Waals surface area contributed by atoms with Crippen LogP contribution in [-0.2, 0) is 19.4 Å². The quantitative estimate of drug-likeness (QED) is 0.204. The maximum absolute atomic E-state index is 4.43. The van der Waals surface area contributed by atoms with E-state index >= 15 is 0 Å². The number of halogens is 1. The van der Waals surface area contributed by atoms with Crippen LogP contribution in [0.2, 0.25) is 0 Å². The van der Waals surface area contributed by atoms with Gasteiger partial charge in [0.15, 0.2) is 5.96 Å². The lowest BCUT2D eigenvalue weighted by molar-refractivity contribution is 0.592. The summed E-state index contributed by atoms with van der Waals surface area (Å²) in [5, 5.41) is 20.1. The van der Waals surface area contributed by atoms with Gasteiger partial charge in [0.1, 0.15) is 11.6 Å². The third kappa shape index (κ3) is 6.08. The molecule has 8 nitrogen and oxygen atoms in total. The molecule has 0 fully saturated rings. The van der Waals surface area contributed by atoms with Crippen molar-refractivity contribution in [2.24, 2.45) is 4.99 Å².